The van der Waals surface area contributed by atoms with Crippen LogP contribution in [-0.2, 0) is 20.9 Å². The van der Waals surface area contributed by atoms with E-state index in [1.807, 2.05) is 0 Å². The number of nitrogens with two attached hydrogens (primary N) is 1. The average molecular weight is 320 g/mol. The fraction of sp³-hybridized carbons (Fsp3) is 0.267. The molecule has 1 aromatic carbocycles. The van der Waals surface area contributed by atoms with Crippen LogP contribution in [0.5, 0.6) is 5.75 Å². The van der Waals surface area contributed by atoms with Crippen LogP contribution >= 0.6 is 0 Å². The molecular formula is C15H16N2O6. The maximum atomic E-state index is 10.6. The second-order valence-corrected chi connectivity index (χ2v) is 4.50. The van der Waals surface area contributed by atoms with Crippen LogP contribution in [0.1, 0.15) is 12.7 Å². The Balaban J connectivity index is 1.89. The first kappa shape index (κ1) is 16.3. The van der Waals surface area contributed by atoms with Crippen molar-refractivity contribution in [3.05, 3.63) is 36.1 Å². The molecule has 0 fully saturated rings. The molecule has 0 aliphatic rings. The predicted molar refractivity (Wildman–Crippen MR) is 78.4 cm³/mol. The van der Waals surface area contributed by atoms with Gasteiger partial charge in [-0.3, -0.25) is 4.79 Å². The van der Waals surface area contributed by atoms with Crippen LogP contribution in [0, 0.1) is 0 Å². The van der Waals surface area contributed by atoms with Crippen molar-refractivity contribution in [2.24, 2.45) is 5.73 Å². The summed E-state index contributed by atoms with van der Waals surface area (Å²) in [6, 6.07) is 8.78. The fourth-order valence-corrected chi connectivity index (χ4v) is 1.73. The third-order valence-electron chi connectivity index (χ3n) is 2.72. The number of nitrogens with zero attached hydrogens (tertiary/aromatic N) is 1. The van der Waals surface area contributed by atoms with Crippen LogP contribution in [0.15, 0.2) is 34.9 Å². The Hall–Kier alpha value is -3.03. The predicted octanol–water partition coefficient (Wildman–Crippen LogP) is 1.88. The number of ether oxygens (including phenoxy) is 3. The van der Waals surface area contributed by atoms with Gasteiger partial charge in [-0.15, -0.1) is 0 Å². The highest BCUT2D eigenvalue weighted by atomic mass is 16.6. The van der Waals surface area contributed by atoms with Crippen molar-refractivity contribution in [1.29, 1.82) is 0 Å². The highest BCUT2D eigenvalue weighted by Gasteiger charge is 2.08. The molecule has 2 N–H and O–H groups in total. The Morgan fingerprint density at radius 3 is 2.57 bits per heavy atom. The molecule has 1 aromatic heterocycles. The summed E-state index contributed by atoms with van der Waals surface area (Å²) in [6.07, 6.45) is -0.877. The zero-order valence-corrected chi connectivity index (χ0v) is 12.5. The Labute approximate surface area is 132 Å². The van der Waals surface area contributed by atoms with E-state index in [4.69, 9.17) is 19.7 Å². The second kappa shape index (κ2) is 7.83. The summed E-state index contributed by atoms with van der Waals surface area (Å²) >= 11 is 0. The summed E-state index contributed by atoms with van der Waals surface area (Å²) in [5, 5.41) is 3.88. The number of aromatic nitrogens is 1. The third kappa shape index (κ3) is 5.34. The van der Waals surface area contributed by atoms with Crippen LogP contribution in [0.25, 0.3) is 11.3 Å². The van der Waals surface area contributed by atoms with Crippen molar-refractivity contribution in [2.75, 3.05) is 13.2 Å². The van der Waals surface area contributed by atoms with Gasteiger partial charge in [0.25, 0.3) is 0 Å². The van der Waals surface area contributed by atoms with Crippen molar-refractivity contribution in [3.8, 4) is 17.0 Å². The molecule has 0 bridgehead atoms. The van der Waals surface area contributed by atoms with Crippen molar-refractivity contribution < 1.29 is 28.3 Å². The van der Waals surface area contributed by atoms with E-state index in [2.05, 4.69) is 9.89 Å². The molecule has 8 heteroatoms. The lowest BCUT2D eigenvalue weighted by molar-refractivity contribution is -0.141. The highest BCUT2D eigenvalue weighted by molar-refractivity contribution is 5.66. The number of primary amides is 1. The summed E-state index contributed by atoms with van der Waals surface area (Å²) in [7, 11) is 0. The number of esters is 1. The Kier molecular flexibility index (Phi) is 5.56. The molecule has 0 atom stereocenters. The number of hydrogen-bond acceptors (Lipinski definition) is 7. The highest BCUT2D eigenvalue weighted by Crippen LogP contribution is 2.22. The molecule has 23 heavy (non-hydrogen) atoms. The average Bonchev–Trinajstić information content (AvgIpc) is 2.99. The summed E-state index contributed by atoms with van der Waals surface area (Å²) in [5.41, 5.74) is 6.28. The normalized spacial score (nSPS) is 10.1. The largest absolute Gasteiger partial charge is 0.490 e. The van der Waals surface area contributed by atoms with Gasteiger partial charge in [-0.05, 0) is 24.3 Å². The van der Waals surface area contributed by atoms with E-state index in [9.17, 15) is 9.59 Å². The number of amides is 1. The summed E-state index contributed by atoms with van der Waals surface area (Å²) in [4.78, 5) is 21.1. The lowest BCUT2D eigenvalue weighted by Crippen LogP contribution is -2.12. The van der Waals surface area contributed by atoms with Crippen LogP contribution < -0.4 is 10.5 Å². The fourth-order valence-electron chi connectivity index (χ4n) is 1.73. The van der Waals surface area contributed by atoms with Gasteiger partial charge in [0.05, 0.1) is 0 Å². The molecule has 2 aromatic rings. The van der Waals surface area contributed by atoms with Crippen molar-refractivity contribution in [1.82, 2.24) is 5.16 Å². The molecular weight excluding hydrogens is 304 g/mol. The smallest absolute Gasteiger partial charge is 0.404 e. The quantitative estimate of drug-likeness (QED) is 0.612. The first-order valence-electron chi connectivity index (χ1n) is 6.79. The van der Waals surface area contributed by atoms with Gasteiger partial charge in [0.15, 0.2) is 12.4 Å². The van der Waals surface area contributed by atoms with Gasteiger partial charge in [0.1, 0.15) is 24.7 Å². The molecule has 1 amide bonds. The van der Waals surface area contributed by atoms with Crippen LogP contribution in [0.3, 0.4) is 0 Å². The van der Waals surface area contributed by atoms with E-state index in [-0.39, 0.29) is 25.8 Å². The Morgan fingerprint density at radius 1 is 1.17 bits per heavy atom. The van der Waals surface area contributed by atoms with E-state index in [0.29, 0.717) is 17.2 Å². The first-order chi connectivity index (χ1) is 11.0. The van der Waals surface area contributed by atoms with Gasteiger partial charge in [0, 0.05) is 18.6 Å². The lowest BCUT2D eigenvalue weighted by atomic mass is 10.1. The third-order valence-corrected chi connectivity index (χ3v) is 2.72. The molecule has 0 saturated heterocycles. The van der Waals surface area contributed by atoms with E-state index in [0.717, 1.165) is 5.56 Å². The zero-order valence-electron chi connectivity index (χ0n) is 12.5. The van der Waals surface area contributed by atoms with Gasteiger partial charge >= 0.3 is 12.1 Å². The van der Waals surface area contributed by atoms with Crippen LogP contribution in [0.4, 0.5) is 4.79 Å². The molecule has 0 aliphatic carbocycles. The maximum Gasteiger partial charge on any atom is 0.404 e. The first-order valence-corrected chi connectivity index (χ1v) is 6.79. The van der Waals surface area contributed by atoms with Gasteiger partial charge in [-0.1, -0.05) is 5.16 Å². The summed E-state index contributed by atoms with van der Waals surface area (Å²) < 4.78 is 19.8. The second-order valence-electron chi connectivity index (χ2n) is 4.50. The van der Waals surface area contributed by atoms with Gasteiger partial charge in [-0.2, -0.15) is 0 Å². The minimum absolute atomic E-state index is 0.0698. The van der Waals surface area contributed by atoms with Crippen molar-refractivity contribution in [2.45, 2.75) is 13.5 Å². The van der Waals surface area contributed by atoms with Crippen LogP contribution in [0.2, 0.25) is 0 Å². The van der Waals surface area contributed by atoms with E-state index in [1.54, 1.807) is 30.3 Å². The monoisotopic (exact) mass is 320 g/mol. The topological polar surface area (TPSA) is 114 Å². The van der Waals surface area contributed by atoms with E-state index >= 15 is 0 Å². The standard InChI is InChI=1S/C15H16N2O6/c1-10(18)20-6-7-21-12-4-2-11(3-5-12)14-8-13(23-17-14)9-22-15(16)19/h2-5,8H,6-7,9H2,1H3,(H2,16,19). The molecule has 0 saturated carbocycles. The maximum absolute atomic E-state index is 10.6. The molecule has 2 rings (SSSR count). The minimum Gasteiger partial charge on any atom is -0.490 e. The van der Waals surface area contributed by atoms with Crippen molar-refractivity contribution in [3.63, 3.8) is 0 Å². The summed E-state index contributed by atoms with van der Waals surface area (Å²) in [6.45, 7) is 1.75. The molecule has 0 unspecified atom stereocenters. The molecule has 8 nitrogen and oxygen atoms in total. The van der Waals surface area contributed by atoms with Gasteiger partial charge in [0.2, 0.25) is 0 Å². The number of rotatable bonds is 7. The molecule has 0 radical (unpaired) electrons. The summed E-state index contributed by atoms with van der Waals surface area (Å²) in [5.74, 6) is 0.688. The molecule has 0 spiro atoms. The SMILES string of the molecule is CC(=O)OCCOc1ccc(-c2cc(COC(N)=O)on2)cc1. The molecule has 0 aliphatic heterocycles. The van der Waals surface area contributed by atoms with Gasteiger partial charge < -0.3 is 24.5 Å². The minimum atomic E-state index is -0.877. The number of carbonyl (C=O) groups excluding carboxylic acids is 2. The zero-order chi connectivity index (χ0) is 16.7. The number of benzene rings is 1. The molecule has 1 heterocycles. The molecule has 122 valence electrons. The van der Waals surface area contributed by atoms with E-state index in [1.165, 1.54) is 6.92 Å². The van der Waals surface area contributed by atoms with Crippen molar-refractivity contribution >= 4 is 12.1 Å². The lowest BCUT2D eigenvalue weighted by Gasteiger charge is -2.06. The van der Waals surface area contributed by atoms with Gasteiger partial charge in [-0.25, -0.2) is 4.79 Å². The number of carbonyl (C=O) groups is 2. The number of hydrogen-bond donors (Lipinski definition) is 1. The van der Waals surface area contributed by atoms with E-state index < -0.39 is 6.09 Å². The Bertz CT molecular complexity index is 665. The Morgan fingerprint density at radius 2 is 1.91 bits per heavy atom. The van der Waals surface area contributed by atoms with Crippen LogP contribution in [-0.4, -0.2) is 30.4 Å².